The van der Waals surface area contributed by atoms with Crippen LogP contribution < -0.4 is 10.1 Å². The van der Waals surface area contributed by atoms with Crippen LogP contribution >= 0.6 is 0 Å². The highest BCUT2D eigenvalue weighted by atomic mass is 19.1. The molecule has 0 saturated heterocycles. The van der Waals surface area contributed by atoms with Gasteiger partial charge in [0.25, 0.3) is 0 Å². The fourth-order valence-corrected chi connectivity index (χ4v) is 2.34. The summed E-state index contributed by atoms with van der Waals surface area (Å²) in [4.78, 5) is 0. The van der Waals surface area contributed by atoms with Gasteiger partial charge in [0, 0.05) is 17.6 Å². The summed E-state index contributed by atoms with van der Waals surface area (Å²) >= 11 is 0. The number of ether oxygens (including phenoxy) is 1. The van der Waals surface area contributed by atoms with E-state index < -0.39 is 0 Å². The molecule has 0 radical (unpaired) electrons. The fraction of sp³-hybridized carbons (Fsp3) is 0.625. The molecular weight excluding hydrogens is 241 g/mol. The molecule has 19 heavy (non-hydrogen) atoms. The zero-order valence-electron chi connectivity index (χ0n) is 12.5. The summed E-state index contributed by atoms with van der Waals surface area (Å²) in [5, 5.41) is 3.57. The molecule has 0 spiro atoms. The largest absolute Gasteiger partial charge is 0.496 e. The van der Waals surface area contributed by atoms with E-state index in [-0.39, 0.29) is 11.9 Å². The van der Waals surface area contributed by atoms with Crippen LogP contribution in [0.5, 0.6) is 5.75 Å². The lowest BCUT2D eigenvalue weighted by atomic mass is 10.0. The van der Waals surface area contributed by atoms with Gasteiger partial charge in [-0.05, 0) is 38.0 Å². The summed E-state index contributed by atoms with van der Waals surface area (Å²) in [5.41, 5.74) is 0.887. The van der Waals surface area contributed by atoms with Crippen molar-refractivity contribution in [2.75, 3.05) is 7.11 Å². The topological polar surface area (TPSA) is 21.3 Å². The number of rotatable bonds is 8. The number of methoxy groups -OCH3 is 1. The quantitative estimate of drug-likeness (QED) is 0.751. The maximum Gasteiger partial charge on any atom is 0.123 e. The average Bonchev–Trinajstić information content (AvgIpc) is 2.43. The Balaban J connectivity index is 2.75. The molecule has 0 aliphatic heterocycles. The third kappa shape index (κ3) is 4.83. The highest BCUT2D eigenvalue weighted by Crippen LogP contribution is 2.26. The lowest BCUT2D eigenvalue weighted by Gasteiger charge is -2.24. The van der Waals surface area contributed by atoms with Crippen molar-refractivity contribution >= 4 is 0 Å². The minimum absolute atomic E-state index is 0.0902. The molecule has 3 heteroatoms. The Kier molecular flexibility index (Phi) is 6.85. The Morgan fingerprint density at radius 3 is 2.63 bits per heavy atom. The van der Waals surface area contributed by atoms with Crippen LogP contribution in [0.3, 0.4) is 0 Å². The number of nitrogens with one attached hydrogen (secondary N) is 1. The molecule has 1 N–H and O–H groups in total. The van der Waals surface area contributed by atoms with E-state index in [1.165, 1.54) is 18.9 Å². The van der Waals surface area contributed by atoms with E-state index in [2.05, 4.69) is 26.1 Å². The van der Waals surface area contributed by atoms with Crippen molar-refractivity contribution in [1.29, 1.82) is 0 Å². The van der Waals surface area contributed by atoms with Gasteiger partial charge in [-0.3, -0.25) is 0 Å². The Morgan fingerprint density at radius 2 is 2.05 bits per heavy atom. The summed E-state index contributed by atoms with van der Waals surface area (Å²) in [6.07, 6.45) is 4.67. The van der Waals surface area contributed by atoms with E-state index >= 15 is 0 Å². The second-order valence-corrected chi connectivity index (χ2v) is 5.02. The standard InChI is InChI=1S/C16H26FNO/c1-5-7-8-14(6-2)18-12(3)15-11-13(17)9-10-16(15)19-4/h9-12,14,18H,5-8H2,1-4H3. The molecule has 1 rings (SSSR count). The van der Waals surface area contributed by atoms with Crippen molar-refractivity contribution in [3.63, 3.8) is 0 Å². The molecular formula is C16H26FNO. The summed E-state index contributed by atoms with van der Waals surface area (Å²) in [7, 11) is 1.62. The molecule has 0 bridgehead atoms. The first-order valence-corrected chi connectivity index (χ1v) is 7.21. The molecule has 0 aromatic heterocycles. The van der Waals surface area contributed by atoms with Gasteiger partial charge in [0.1, 0.15) is 11.6 Å². The Hall–Kier alpha value is -1.09. The van der Waals surface area contributed by atoms with Gasteiger partial charge in [-0.2, -0.15) is 0 Å². The van der Waals surface area contributed by atoms with Gasteiger partial charge in [-0.1, -0.05) is 26.7 Å². The minimum atomic E-state index is -0.217. The third-order valence-electron chi connectivity index (χ3n) is 3.54. The van der Waals surface area contributed by atoms with Gasteiger partial charge in [0.05, 0.1) is 7.11 Å². The summed E-state index contributed by atoms with van der Waals surface area (Å²) in [6.45, 7) is 6.44. The summed E-state index contributed by atoms with van der Waals surface area (Å²) < 4.78 is 18.7. The maximum absolute atomic E-state index is 13.4. The number of hydrogen-bond acceptors (Lipinski definition) is 2. The van der Waals surface area contributed by atoms with Crippen molar-refractivity contribution in [3.8, 4) is 5.75 Å². The number of unbranched alkanes of at least 4 members (excludes halogenated alkanes) is 1. The second kappa shape index (κ2) is 8.16. The second-order valence-electron chi connectivity index (χ2n) is 5.02. The summed E-state index contributed by atoms with van der Waals surface area (Å²) in [6, 6.07) is 5.25. The molecule has 2 atom stereocenters. The highest BCUT2D eigenvalue weighted by Gasteiger charge is 2.15. The first-order chi connectivity index (χ1) is 9.12. The van der Waals surface area contributed by atoms with Crippen molar-refractivity contribution in [1.82, 2.24) is 5.32 Å². The molecule has 2 unspecified atom stereocenters. The van der Waals surface area contributed by atoms with Crippen molar-refractivity contribution in [3.05, 3.63) is 29.6 Å². The first-order valence-electron chi connectivity index (χ1n) is 7.21. The molecule has 0 aliphatic rings. The maximum atomic E-state index is 13.4. The highest BCUT2D eigenvalue weighted by molar-refractivity contribution is 5.36. The zero-order chi connectivity index (χ0) is 14.3. The first kappa shape index (κ1) is 16.0. The van der Waals surface area contributed by atoms with Gasteiger partial charge in [0.2, 0.25) is 0 Å². The van der Waals surface area contributed by atoms with E-state index in [4.69, 9.17) is 4.74 Å². The fourth-order valence-electron chi connectivity index (χ4n) is 2.34. The molecule has 0 amide bonds. The zero-order valence-corrected chi connectivity index (χ0v) is 12.5. The van der Waals surface area contributed by atoms with Gasteiger partial charge < -0.3 is 10.1 Å². The number of hydrogen-bond donors (Lipinski definition) is 1. The van der Waals surface area contributed by atoms with Crippen LogP contribution in [0.4, 0.5) is 4.39 Å². The molecule has 108 valence electrons. The third-order valence-corrected chi connectivity index (χ3v) is 3.54. The molecule has 0 fully saturated rings. The lowest BCUT2D eigenvalue weighted by molar-refractivity contribution is 0.378. The van der Waals surface area contributed by atoms with E-state index in [0.29, 0.717) is 6.04 Å². The van der Waals surface area contributed by atoms with Crippen LogP contribution in [0.15, 0.2) is 18.2 Å². The average molecular weight is 267 g/mol. The van der Waals surface area contributed by atoms with E-state index in [1.54, 1.807) is 19.2 Å². The van der Waals surface area contributed by atoms with Crippen LogP contribution in [0.25, 0.3) is 0 Å². The van der Waals surface area contributed by atoms with E-state index in [0.717, 1.165) is 24.2 Å². The molecule has 0 heterocycles. The Labute approximate surface area is 116 Å². The van der Waals surface area contributed by atoms with Crippen molar-refractivity contribution in [2.24, 2.45) is 0 Å². The smallest absolute Gasteiger partial charge is 0.123 e. The SMILES string of the molecule is CCCCC(CC)NC(C)c1cc(F)ccc1OC. The predicted octanol–water partition coefficient (Wildman–Crippen LogP) is 4.45. The monoisotopic (exact) mass is 267 g/mol. The van der Waals surface area contributed by atoms with Gasteiger partial charge >= 0.3 is 0 Å². The molecule has 0 saturated carbocycles. The predicted molar refractivity (Wildman–Crippen MR) is 78.1 cm³/mol. The van der Waals surface area contributed by atoms with Crippen LogP contribution in [-0.2, 0) is 0 Å². The Morgan fingerprint density at radius 1 is 1.32 bits per heavy atom. The molecule has 1 aromatic rings. The Bertz CT molecular complexity index is 381. The lowest BCUT2D eigenvalue weighted by Crippen LogP contribution is -2.31. The molecule has 0 aliphatic carbocycles. The van der Waals surface area contributed by atoms with Gasteiger partial charge in [0.15, 0.2) is 0 Å². The normalized spacial score (nSPS) is 14.2. The van der Waals surface area contributed by atoms with Crippen LogP contribution in [0.1, 0.15) is 58.1 Å². The van der Waals surface area contributed by atoms with Gasteiger partial charge in [-0.25, -0.2) is 4.39 Å². The van der Waals surface area contributed by atoms with Gasteiger partial charge in [-0.15, -0.1) is 0 Å². The van der Waals surface area contributed by atoms with E-state index in [9.17, 15) is 4.39 Å². The van der Waals surface area contributed by atoms with Crippen LogP contribution in [0.2, 0.25) is 0 Å². The van der Waals surface area contributed by atoms with E-state index in [1.807, 2.05) is 0 Å². The number of halogens is 1. The van der Waals surface area contributed by atoms with Crippen LogP contribution in [-0.4, -0.2) is 13.2 Å². The molecule has 2 nitrogen and oxygen atoms in total. The van der Waals surface area contributed by atoms with Crippen molar-refractivity contribution < 1.29 is 9.13 Å². The minimum Gasteiger partial charge on any atom is -0.496 e. The summed E-state index contributed by atoms with van der Waals surface area (Å²) in [5.74, 6) is 0.526. The number of benzene rings is 1. The van der Waals surface area contributed by atoms with Crippen LogP contribution in [0, 0.1) is 5.82 Å². The van der Waals surface area contributed by atoms with Crippen molar-refractivity contribution in [2.45, 2.75) is 58.5 Å². The molecule has 1 aromatic carbocycles.